The van der Waals surface area contributed by atoms with Gasteiger partial charge >= 0.3 is 5.97 Å². The summed E-state index contributed by atoms with van der Waals surface area (Å²) in [5.41, 5.74) is 5.35. The second-order valence-electron chi connectivity index (χ2n) is 3.64. The zero-order chi connectivity index (χ0) is 12.1. The van der Waals surface area contributed by atoms with Gasteiger partial charge in [0.25, 0.3) is 0 Å². The Morgan fingerprint density at radius 1 is 1.60 bits per heavy atom. The van der Waals surface area contributed by atoms with E-state index in [9.17, 15) is 13.6 Å². The number of nitrogens with one attached hydrogen (secondary N) is 1. The van der Waals surface area contributed by atoms with Crippen LogP contribution in [0.1, 0.15) is 32.6 Å². The summed E-state index contributed by atoms with van der Waals surface area (Å²) in [6, 6.07) is -1.53. The van der Waals surface area contributed by atoms with E-state index in [1.165, 1.54) is 0 Å². The maximum absolute atomic E-state index is 13.1. The van der Waals surface area contributed by atoms with Crippen molar-refractivity contribution in [2.75, 3.05) is 0 Å². The molecule has 0 bridgehead atoms. The van der Waals surface area contributed by atoms with Crippen LogP contribution >= 0.6 is 0 Å². The summed E-state index contributed by atoms with van der Waals surface area (Å²) in [4.78, 5) is 10.3. The van der Waals surface area contributed by atoms with E-state index >= 15 is 0 Å². The molecule has 15 heavy (non-hydrogen) atoms. The van der Waals surface area contributed by atoms with Gasteiger partial charge in [0.1, 0.15) is 6.04 Å². The average Bonchev–Trinajstić information content (AvgIpc) is 2.01. The molecule has 1 atom stereocenters. The predicted molar refractivity (Wildman–Crippen MR) is 52.4 cm³/mol. The van der Waals surface area contributed by atoms with E-state index < -0.39 is 30.8 Å². The van der Waals surface area contributed by atoms with Gasteiger partial charge in [0, 0.05) is 18.6 Å². The maximum Gasteiger partial charge on any atom is 0.320 e. The van der Waals surface area contributed by atoms with E-state index in [1.807, 2.05) is 0 Å². The lowest BCUT2D eigenvalue weighted by Crippen LogP contribution is -2.36. The number of aliphatic carboxylic acids is 1. The quantitative estimate of drug-likeness (QED) is 0.572. The molecule has 88 valence electrons. The van der Waals surface area contributed by atoms with Crippen LogP contribution in [0.25, 0.3) is 0 Å². The first-order chi connectivity index (χ1) is 6.74. The summed E-state index contributed by atoms with van der Waals surface area (Å²) in [5.74, 6) is -4.48. The fourth-order valence-corrected chi connectivity index (χ4v) is 1.12. The van der Waals surface area contributed by atoms with Gasteiger partial charge in [-0.1, -0.05) is 0 Å². The van der Waals surface area contributed by atoms with Gasteiger partial charge in [0.15, 0.2) is 0 Å². The average molecular weight is 222 g/mol. The van der Waals surface area contributed by atoms with Crippen LogP contribution in [0.15, 0.2) is 0 Å². The number of rotatable bonds is 7. The number of hydrogen-bond donors (Lipinski definition) is 3. The maximum atomic E-state index is 13.1. The number of carboxylic acid groups (broad SMARTS) is 1. The van der Waals surface area contributed by atoms with Crippen LogP contribution in [-0.2, 0) is 4.79 Å². The summed E-state index contributed by atoms with van der Waals surface area (Å²) < 4.78 is 26.1. The van der Waals surface area contributed by atoms with E-state index in [4.69, 9.17) is 16.2 Å². The highest BCUT2D eigenvalue weighted by Crippen LogP contribution is 2.26. The van der Waals surface area contributed by atoms with E-state index in [1.54, 1.807) is 6.92 Å². The Kier molecular flexibility index (Phi) is 5.35. The molecule has 6 heteroatoms. The van der Waals surface area contributed by atoms with Crippen molar-refractivity contribution in [3.63, 3.8) is 0 Å². The van der Waals surface area contributed by atoms with Crippen molar-refractivity contribution in [2.24, 2.45) is 5.73 Å². The van der Waals surface area contributed by atoms with E-state index in [0.717, 1.165) is 0 Å². The van der Waals surface area contributed by atoms with Crippen LogP contribution < -0.4 is 5.73 Å². The van der Waals surface area contributed by atoms with Crippen molar-refractivity contribution >= 4 is 11.7 Å². The summed E-state index contributed by atoms with van der Waals surface area (Å²) in [6.07, 6.45) is -0.795. The lowest BCUT2D eigenvalue weighted by molar-refractivity contribution is -0.141. The first kappa shape index (κ1) is 14.0. The molecular formula is C9H16F2N2O2. The Labute approximate surface area is 87.0 Å². The largest absolute Gasteiger partial charge is 0.480 e. The van der Waals surface area contributed by atoms with Crippen LogP contribution in [0.5, 0.6) is 0 Å². The number of carboxylic acids is 1. The second-order valence-corrected chi connectivity index (χ2v) is 3.64. The molecule has 0 spiro atoms. The Hall–Kier alpha value is -1.04. The molecule has 0 saturated heterocycles. The Morgan fingerprint density at radius 2 is 2.13 bits per heavy atom. The molecule has 0 heterocycles. The zero-order valence-electron chi connectivity index (χ0n) is 8.59. The summed E-state index contributed by atoms with van der Waals surface area (Å²) in [6.45, 7) is 1.54. The molecule has 0 saturated carbocycles. The van der Waals surface area contributed by atoms with E-state index in [2.05, 4.69) is 0 Å². The highest BCUT2D eigenvalue weighted by Gasteiger charge is 2.33. The second kappa shape index (κ2) is 5.75. The minimum atomic E-state index is -3.06. The van der Waals surface area contributed by atoms with E-state index in [-0.39, 0.29) is 6.42 Å². The molecule has 0 amide bonds. The molecule has 0 aromatic carbocycles. The van der Waals surface area contributed by atoms with Crippen molar-refractivity contribution in [3.8, 4) is 0 Å². The van der Waals surface area contributed by atoms with Gasteiger partial charge in [-0.2, -0.15) is 0 Å². The van der Waals surface area contributed by atoms with Gasteiger partial charge in [0.05, 0.1) is 0 Å². The zero-order valence-corrected chi connectivity index (χ0v) is 8.59. The van der Waals surface area contributed by atoms with Crippen molar-refractivity contribution in [1.82, 2.24) is 0 Å². The molecule has 0 fully saturated rings. The number of halogens is 2. The monoisotopic (exact) mass is 222 g/mol. The molecule has 0 radical (unpaired) electrons. The van der Waals surface area contributed by atoms with Crippen molar-refractivity contribution in [2.45, 2.75) is 44.6 Å². The number of carbonyl (C=O) groups is 1. The van der Waals surface area contributed by atoms with Crippen molar-refractivity contribution in [1.29, 1.82) is 5.41 Å². The molecule has 4 N–H and O–H groups in total. The fraction of sp³-hybridized carbons (Fsp3) is 0.778. The summed E-state index contributed by atoms with van der Waals surface area (Å²) in [7, 11) is 0. The fourth-order valence-electron chi connectivity index (χ4n) is 1.12. The van der Waals surface area contributed by atoms with Gasteiger partial charge in [-0.15, -0.1) is 0 Å². The van der Waals surface area contributed by atoms with Gasteiger partial charge in [-0.25, -0.2) is 8.78 Å². The van der Waals surface area contributed by atoms with Gasteiger partial charge < -0.3 is 16.2 Å². The number of hydrogen-bond acceptors (Lipinski definition) is 3. The third-order valence-electron chi connectivity index (χ3n) is 1.93. The van der Waals surface area contributed by atoms with Crippen molar-refractivity contribution < 1.29 is 18.7 Å². The molecule has 0 rings (SSSR count). The molecule has 0 aliphatic rings. The third-order valence-corrected chi connectivity index (χ3v) is 1.93. The van der Waals surface area contributed by atoms with Crippen molar-refractivity contribution in [3.05, 3.63) is 0 Å². The Bertz CT molecular complexity index is 244. The minimum absolute atomic E-state index is 0.175. The van der Waals surface area contributed by atoms with Gasteiger partial charge in [-0.3, -0.25) is 4.79 Å². The van der Waals surface area contributed by atoms with Crippen LogP contribution in [-0.4, -0.2) is 28.8 Å². The first-order valence-corrected chi connectivity index (χ1v) is 4.65. The molecule has 1 unspecified atom stereocenters. The molecular weight excluding hydrogens is 206 g/mol. The lowest BCUT2D eigenvalue weighted by atomic mass is 10.0. The van der Waals surface area contributed by atoms with Crippen LogP contribution in [0.3, 0.4) is 0 Å². The number of nitrogens with two attached hydrogens (primary N) is 1. The predicted octanol–water partition coefficient (Wildman–Crippen LogP) is 1.63. The molecule has 4 nitrogen and oxygen atoms in total. The van der Waals surface area contributed by atoms with Gasteiger partial charge in [0.2, 0.25) is 5.92 Å². The highest BCUT2D eigenvalue weighted by molar-refractivity contribution is 5.78. The standard InChI is InChI=1S/C9H16F2N2O2/c1-6(12)3-2-4-9(10,11)5-7(13)8(14)15/h7,12H,2-5,13H2,1H3,(H,14,15). The summed E-state index contributed by atoms with van der Waals surface area (Å²) >= 11 is 0. The number of alkyl halides is 2. The van der Waals surface area contributed by atoms with Crippen LogP contribution in [0, 0.1) is 5.41 Å². The van der Waals surface area contributed by atoms with E-state index in [0.29, 0.717) is 12.1 Å². The molecule has 0 aromatic heterocycles. The molecule has 0 aliphatic carbocycles. The minimum Gasteiger partial charge on any atom is -0.480 e. The highest BCUT2D eigenvalue weighted by atomic mass is 19.3. The lowest BCUT2D eigenvalue weighted by Gasteiger charge is -2.18. The SMILES string of the molecule is CC(=N)CCCC(F)(F)CC(N)C(=O)O. The molecule has 0 aliphatic heterocycles. The first-order valence-electron chi connectivity index (χ1n) is 4.65. The smallest absolute Gasteiger partial charge is 0.320 e. The Morgan fingerprint density at radius 3 is 2.53 bits per heavy atom. The summed E-state index contributed by atoms with van der Waals surface area (Å²) in [5, 5.41) is 15.4. The van der Waals surface area contributed by atoms with Crippen LogP contribution in [0.4, 0.5) is 8.78 Å². The van der Waals surface area contributed by atoms with Gasteiger partial charge in [-0.05, 0) is 19.8 Å². The normalized spacial score (nSPS) is 13.6. The van der Waals surface area contributed by atoms with Crippen LogP contribution in [0.2, 0.25) is 0 Å². The topological polar surface area (TPSA) is 87.2 Å². The molecule has 0 aromatic rings. The third kappa shape index (κ3) is 6.96. The Balaban J connectivity index is 3.95.